The van der Waals surface area contributed by atoms with Crippen LogP contribution in [0.15, 0.2) is 0 Å². The Hall–Kier alpha value is -1.56. The smallest absolute Gasteiger partial charge is 0.307 e. The molecule has 1 saturated carbocycles. The fourth-order valence-electron chi connectivity index (χ4n) is 3.05. The number of halogens is 1. The summed E-state index contributed by atoms with van der Waals surface area (Å²) in [7, 11) is 0. The van der Waals surface area contributed by atoms with Gasteiger partial charge in [-0.1, -0.05) is 24.4 Å². The Morgan fingerprint density at radius 3 is 2.50 bits per heavy atom. The van der Waals surface area contributed by atoms with Crippen molar-refractivity contribution >= 4 is 23.5 Å². The van der Waals surface area contributed by atoms with Gasteiger partial charge in [-0.3, -0.25) is 14.3 Å². The first kappa shape index (κ1) is 16.8. The van der Waals surface area contributed by atoms with E-state index in [0.717, 1.165) is 24.2 Å². The average molecular weight is 328 g/mol. The Balaban J connectivity index is 1.89. The van der Waals surface area contributed by atoms with Gasteiger partial charge in [0.2, 0.25) is 5.91 Å². The Morgan fingerprint density at radius 2 is 1.95 bits per heavy atom. The van der Waals surface area contributed by atoms with E-state index in [1.807, 2.05) is 13.8 Å². The third-order valence-electron chi connectivity index (χ3n) is 4.34. The van der Waals surface area contributed by atoms with Gasteiger partial charge in [-0.05, 0) is 26.7 Å². The second-order valence-corrected chi connectivity index (χ2v) is 6.21. The summed E-state index contributed by atoms with van der Waals surface area (Å²) in [5.41, 5.74) is 1.64. The van der Waals surface area contributed by atoms with Gasteiger partial charge in [0, 0.05) is 6.54 Å². The Morgan fingerprint density at radius 1 is 1.32 bits per heavy atom. The molecule has 0 saturated heterocycles. The van der Waals surface area contributed by atoms with E-state index >= 15 is 0 Å². The lowest BCUT2D eigenvalue weighted by molar-refractivity contribution is -0.148. The zero-order valence-corrected chi connectivity index (χ0v) is 13.7. The molecule has 2 atom stereocenters. The molecular formula is C15H22ClN3O3. The van der Waals surface area contributed by atoms with Crippen molar-refractivity contribution in [2.45, 2.75) is 46.1 Å². The van der Waals surface area contributed by atoms with Gasteiger partial charge < -0.3 is 10.4 Å². The highest BCUT2D eigenvalue weighted by molar-refractivity contribution is 6.31. The van der Waals surface area contributed by atoms with Gasteiger partial charge in [0.25, 0.3) is 0 Å². The molecule has 0 unspecified atom stereocenters. The number of carboxylic acids is 1. The van der Waals surface area contributed by atoms with Crippen molar-refractivity contribution in [2.24, 2.45) is 11.8 Å². The summed E-state index contributed by atoms with van der Waals surface area (Å²) in [4.78, 5) is 23.5. The molecule has 1 aliphatic rings. The normalized spacial score (nSPS) is 21.6. The second-order valence-electron chi connectivity index (χ2n) is 5.83. The minimum Gasteiger partial charge on any atom is -0.481 e. The summed E-state index contributed by atoms with van der Waals surface area (Å²) in [5.74, 6) is -2.02. The van der Waals surface area contributed by atoms with Crippen LogP contribution in [0, 0.1) is 25.7 Å². The number of carbonyl (C=O) groups is 2. The zero-order chi connectivity index (χ0) is 16.3. The zero-order valence-electron chi connectivity index (χ0n) is 12.9. The lowest BCUT2D eigenvalue weighted by Gasteiger charge is -2.27. The highest BCUT2D eigenvalue weighted by atomic mass is 35.5. The number of rotatable bonds is 5. The van der Waals surface area contributed by atoms with Crippen LogP contribution < -0.4 is 5.32 Å². The highest BCUT2D eigenvalue weighted by Crippen LogP contribution is 2.30. The number of aryl methyl sites for hydroxylation is 1. The Labute approximate surface area is 134 Å². The highest BCUT2D eigenvalue weighted by Gasteiger charge is 2.35. The van der Waals surface area contributed by atoms with Crippen molar-refractivity contribution in [3.63, 3.8) is 0 Å². The summed E-state index contributed by atoms with van der Waals surface area (Å²) < 4.78 is 1.76. The van der Waals surface area contributed by atoms with E-state index < -0.39 is 17.8 Å². The number of hydrogen-bond acceptors (Lipinski definition) is 3. The third kappa shape index (κ3) is 3.61. The van der Waals surface area contributed by atoms with E-state index in [0.29, 0.717) is 31.0 Å². The average Bonchev–Trinajstić information content (AvgIpc) is 2.74. The number of hydrogen-bond donors (Lipinski definition) is 2. The van der Waals surface area contributed by atoms with Crippen molar-refractivity contribution in [1.82, 2.24) is 15.1 Å². The van der Waals surface area contributed by atoms with Crippen LogP contribution in [0.1, 0.15) is 37.1 Å². The monoisotopic (exact) mass is 327 g/mol. The standard InChI is InChI=1S/C15H22ClN3O3/c1-9-13(16)10(2)19(18-9)8-7-17-14(20)11-5-3-4-6-12(11)15(21)22/h11-12H,3-8H2,1-2H3,(H,17,20)(H,21,22)/t11-,12-/m0/s1. The summed E-state index contributed by atoms with van der Waals surface area (Å²) in [6.45, 7) is 4.66. The fourth-order valence-corrected chi connectivity index (χ4v) is 3.18. The fraction of sp³-hybridized carbons (Fsp3) is 0.667. The van der Waals surface area contributed by atoms with Gasteiger partial charge in [-0.25, -0.2) is 0 Å². The van der Waals surface area contributed by atoms with Crippen LogP contribution in [0.4, 0.5) is 0 Å². The van der Waals surface area contributed by atoms with Crippen LogP contribution in [0.25, 0.3) is 0 Å². The predicted molar refractivity (Wildman–Crippen MR) is 82.8 cm³/mol. The summed E-state index contributed by atoms with van der Waals surface area (Å²) in [6.07, 6.45) is 3.02. The van der Waals surface area contributed by atoms with Crippen molar-refractivity contribution in [3.8, 4) is 0 Å². The van der Waals surface area contributed by atoms with E-state index in [9.17, 15) is 14.7 Å². The van der Waals surface area contributed by atoms with E-state index in [-0.39, 0.29) is 5.91 Å². The molecule has 1 aromatic rings. The number of carbonyl (C=O) groups excluding carboxylic acids is 1. The van der Waals surface area contributed by atoms with Crippen LogP contribution in [0.5, 0.6) is 0 Å². The molecule has 122 valence electrons. The van der Waals surface area contributed by atoms with E-state index in [4.69, 9.17) is 11.6 Å². The number of aromatic nitrogens is 2. The van der Waals surface area contributed by atoms with Gasteiger partial charge in [0.05, 0.1) is 34.8 Å². The molecule has 0 aliphatic heterocycles. The van der Waals surface area contributed by atoms with Crippen LogP contribution >= 0.6 is 11.6 Å². The third-order valence-corrected chi connectivity index (χ3v) is 4.88. The van der Waals surface area contributed by atoms with Crippen molar-refractivity contribution in [3.05, 3.63) is 16.4 Å². The Kier molecular flexibility index (Phi) is 5.45. The number of nitrogens with one attached hydrogen (secondary N) is 1. The van der Waals surface area contributed by atoms with Gasteiger partial charge in [0.15, 0.2) is 0 Å². The number of nitrogens with zero attached hydrogens (tertiary/aromatic N) is 2. The maximum atomic E-state index is 12.2. The first-order valence-electron chi connectivity index (χ1n) is 7.62. The van der Waals surface area contributed by atoms with Gasteiger partial charge >= 0.3 is 5.97 Å². The summed E-state index contributed by atoms with van der Waals surface area (Å²) >= 11 is 6.08. The molecular weight excluding hydrogens is 306 g/mol. The number of carboxylic acid groups (broad SMARTS) is 1. The maximum Gasteiger partial charge on any atom is 0.307 e. The van der Waals surface area contributed by atoms with Gasteiger partial charge in [-0.15, -0.1) is 0 Å². The predicted octanol–water partition coefficient (Wildman–Crippen LogP) is 2.16. The molecule has 2 rings (SSSR count). The molecule has 1 fully saturated rings. The topological polar surface area (TPSA) is 84.2 Å². The molecule has 1 heterocycles. The van der Waals surface area contributed by atoms with E-state index in [1.54, 1.807) is 4.68 Å². The number of amides is 1. The molecule has 0 aromatic carbocycles. The molecule has 2 N–H and O–H groups in total. The quantitative estimate of drug-likeness (QED) is 0.868. The molecule has 1 amide bonds. The minimum atomic E-state index is -0.870. The second kappa shape index (κ2) is 7.13. The first-order valence-corrected chi connectivity index (χ1v) is 7.99. The minimum absolute atomic E-state index is 0.167. The van der Waals surface area contributed by atoms with Crippen LogP contribution in [-0.2, 0) is 16.1 Å². The Bertz CT molecular complexity index is 571. The molecule has 7 heteroatoms. The van der Waals surface area contributed by atoms with Gasteiger partial charge in [-0.2, -0.15) is 5.10 Å². The molecule has 0 bridgehead atoms. The molecule has 1 aliphatic carbocycles. The van der Waals surface area contributed by atoms with E-state index in [2.05, 4.69) is 10.4 Å². The summed E-state index contributed by atoms with van der Waals surface area (Å²) in [5, 5.41) is 17.0. The molecule has 6 nitrogen and oxygen atoms in total. The SMILES string of the molecule is Cc1nn(CCNC(=O)[C@H]2CCCC[C@@H]2C(=O)O)c(C)c1Cl. The van der Waals surface area contributed by atoms with Crippen LogP contribution in [-0.4, -0.2) is 33.3 Å². The maximum absolute atomic E-state index is 12.2. The lowest BCUT2D eigenvalue weighted by Crippen LogP contribution is -2.40. The number of aliphatic carboxylic acids is 1. The van der Waals surface area contributed by atoms with E-state index in [1.165, 1.54) is 0 Å². The van der Waals surface area contributed by atoms with Crippen molar-refractivity contribution in [1.29, 1.82) is 0 Å². The van der Waals surface area contributed by atoms with Crippen LogP contribution in [0.3, 0.4) is 0 Å². The molecule has 1 aromatic heterocycles. The van der Waals surface area contributed by atoms with Gasteiger partial charge in [0.1, 0.15) is 0 Å². The lowest BCUT2D eigenvalue weighted by atomic mass is 9.79. The molecule has 22 heavy (non-hydrogen) atoms. The summed E-state index contributed by atoms with van der Waals surface area (Å²) in [6, 6.07) is 0. The van der Waals surface area contributed by atoms with Crippen LogP contribution in [0.2, 0.25) is 5.02 Å². The molecule has 0 radical (unpaired) electrons. The van der Waals surface area contributed by atoms with Crippen molar-refractivity contribution in [2.75, 3.05) is 6.54 Å². The van der Waals surface area contributed by atoms with Crippen molar-refractivity contribution < 1.29 is 14.7 Å². The molecule has 0 spiro atoms. The largest absolute Gasteiger partial charge is 0.481 e. The first-order chi connectivity index (χ1) is 10.4.